The van der Waals surface area contributed by atoms with E-state index in [1.807, 2.05) is 0 Å². The van der Waals surface area contributed by atoms with Crippen LogP contribution in [0, 0.1) is 0 Å². The SMILES string of the molecule is [Ag+].[Ag].[Ag].[Ag].[SH-]. The molecule has 5 heavy (non-hydrogen) atoms. The van der Waals surface area contributed by atoms with Gasteiger partial charge in [-0.15, -0.1) is 0 Å². The Balaban J connectivity index is 0. The monoisotopic (exact) mass is 461 g/mol. The van der Waals surface area contributed by atoms with Crippen molar-refractivity contribution in [3.05, 3.63) is 0 Å². The van der Waals surface area contributed by atoms with Crippen LogP contribution >= 0.6 is 0 Å². The van der Waals surface area contributed by atoms with Crippen LogP contribution in [0.25, 0.3) is 0 Å². The molecule has 0 atom stereocenters. The molecule has 3 radical (unpaired) electrons. The average molecular weight is 465 g/mol. The molecular weight excluding hydrogens is 464 g/mol. The summed E-state index contributed by atoms with van der Waals surface area (Å²) in [5.74, 6) is 0. The largest absolute Gasteiger partial charge is 1.00 e. The molecule has 0 aliphatic carbocycles. The van der Waals surface area contributed by atoms with E-state index in [9.17, 15) is 0 Å². The Bertz CT molecular complexity index is 3.61. The Kier molecular flexibility index (Phi) is 215. The van der Waals surface area contributed by atoms with Gasteiger partial charge in [-0.25, -0.2) is 0 Å². The fourth-order valence-corrected chi connectivity index (χ4v) is 0. The van der Waals surface area contributed by atoms with Crippen molar-refractivity contribution in [2.24, 2.45) is 0 Å². The van der Waals surface area contributed by atoms with Gasteiger partial charge in [-0.1, -0.05) is 0 Å². The molecule has 51 valence electrons. The topological polar surface area (TPSA) is 0 Å². The first kappa shape index (κ1) is 40.5. The van der Waals surface area contributed by atoms with Crippen LogP contribution in [-0.4, -0.2) is 0 Å². The first-order valence-electron chi connectivity index (χ1n) is 0. The summed E-state index contributed by atoms with van der Waals surface area (Å²) in [5, 5.41) is 0. The second kappa shape index (κ2) is 26.6. The number of thiol groups is 1. The molecule has 0 fully saturated rings. The van der Waals surface area contributed by atoms with E-state index >= 15 is 0 Å². The van der Waals surface area contributed by atoms with Crippen LogP contribution < -0.4 is 0 Å². The van der Waals surface area contributed by atoms with Crippen LogP contribution in [0.15, 0.2) is 0 Å². The summed E-state index contributed by atoms with van der Waals surface area (Å²) >= 11 is 0. The first-order valence-corrected chi connectivity index (χ1v) is 0. The van der Waals surface area contributed by atoms with Crippen molar-refractivity contribution in [2.45, 2.75) is 0 Å². The number of rotatable bonds is 0. The standard InChI is InChI=1S/4Ag.H2S/h;;;;1H2/q;;;+1;/p-1. The van der Waals surface area contributed by atoms with Gasteiger partial charge in [0.15, 0.2) is 0 Å². The summed E-state index contributed by atoms with van der Waals surface area (Å²) in [5.41, 5.74) is 0. The van der Waals surface area contributed by atoms with Crippen LogP contribution in [0.5, 0.6) is 0 Å². The van der Waals surface area contributed by atoms with E-state index in [2.05, 4.69) is 0 Å². The molecule has 0 amide bonds. The minimum absolute atomic E-state index is 0. The van der Waals surface area contributed by atoms with Crippen molar-refractivity contribution >= 4 is 13.5 Å². The quantitative estimate of drug-likeness (QED) is 0.270. The molecule has 0 aliphatic rings. The third kappa shape index (κ3) is 18.8. The molecule has 0 nitrogen and oxygen atoms in total. The molecule has 0 aliphatic heterocycles. The molecule has 0 spiro atoms. The second-order valence-electron chi connectivity index (χ2n) is 0. The van der Waals surface area contributed by atoms with E-state index in [4.69, 9.17) is 0 Å². The smallest absolute Gasteiger partial charge is 0.813 e. The van der Waals surface area contributed by atoms with Crippen molar-refractivity contribution in [3.63, 3.8) is 0 Å². The molecule has 5 heteroatoms. The van der Waals surface area contributed by atoms with Gasteiger partial charge in [-0.2, -0.15) is 0 Å². The Morgan fingerprint density at radius 2 is 0.600 bits per heavy atom. The predicted molar refractivity (Wildman–Crippen MR) is 8.76 cm³/mol. The van der Waals surface area contributed by atoms with E-state index in [1.54, 1.807) is 0 Å². The Morgan fingerprint density at radius 3 is 0.600 bits per heavy atom. The van der Waals surface area contributed by atoms with Gasteiger partial charge in [0.1, 0.15) is 0 Å². The molecule has 0 aromatic carbocycles. The zero-order valence-electron chi connectivity index (χ0n) is 1.65. The van der Waals surface area contributed by atoms with E-state index < -0.39 is 0 Å². The van der Waals surface area contributed by atoms with Crippen LogP contribution in [0.4, 0.5) is 0 Å². The molecule has 0 bridgehead atoms. The minimum Gasteiger partial charge on any atom is -0.813 e. The van der Waals surface area contributed by atoms with Gasteiger partial charge < -0.3 is 13.5 Å². The van der Waals surface area contributed by atoms with Gasteiger partial charge in [0.05, 0.1) is 0 Å². The van der Waals surface area contributed by atoms with Crippen molar-refractivity contribution in [3.8, 4) is 0 Å². The maximum Gasteiger partial charge on any atom is 1.00 e. The van der Waals surface area contributed by atoms with Crippen molar-refractivity contribution in [2.75, 3.05) is 0 Å². The number of hydrogen-bond acceptors (Lipinski definition) is 1. The third-order valence-electron chi connectivity index (χ3n) is 0. The van der Waals surface area contributed by atoms with Crippen molar-refractivity contribution in [1.82, 2.24) is 0 Å². The molecule has 0 heterocycles. The first-order chi connectivity index (χ1) is 0. The van der Waals surface area contributed by atoms with Gasteiger partial charge in [0.25, 0.3) is 0 Å². The molecular formula is HAg4S. The second-order valence-corrected chi connectivity index (χ2v) is 0. The van der Waals surface area contributed by atoms with E-state index in [0.29, 0.717) is 0 Å². The van der Waals surface area contributed by atoms with Gasteiger partial charge in [-0.05, 0) is 0 Å². The van der Waals surface area contributed by atoms with Gasteiger partial charge in [-0.3, -0.25) is 0 Å². The third-order valence-corrected chi connectivity index (χ3v) is 0. The molecule has 0 rings (SSSR count). The van der Waals surface area contributed by atoms with Gasteiger partial charge in [0.2, 0.25) is 0 Å². The van der Waals surface area contributed by atoms with Crippen LogP contribution in [-0.2, 0) is 103 Å². The predicted octanol–water partition coefficient (Wildman–Crippen LogP) is -0.280. The zero-order valence-corrected chi connectivity index (χ0v) is 8.48. The molecule has 0 unspecified atom stereocenters. The molecule has 0 saturated heterocycles. The summed E-state index contributed by atoms with van der Waals surface area (Å²) < 4.78 is 0. The molecule has 0 N–H and O–H groups in total. The summed E-state index contributed by atoms with van der Waals surface area (Å²) in [6.45, 7) is 0. The normalized spacial score (nSPS) is 0. The minimum atomic E-state index is 0. The maximum atomic E-state index is 0. The average Bonchev–Trinajstić information content (AvgIpc) is 0. The molecule has 0 aromatic rings. The van der Waals surface area contributed by atoms with E-state index in [1.165, 1.54) is 0 Å². The van der Waals surface area contributed by atoms with Crippen molar-refractivity contribution in [1.29, 1.82) is 0 Å². The molecule has 0 saturated carbocycles. The Morgan fingerprint density at radius 1 is 0.600 bits per heavy atom. The van der Waals surface area contributed by atoms with Crippen LogP contribution in [0.2, 0.25) is 0 Å². The Labute approximate surface area is 101 Å². The van der Waals surface area contributed by atoms with E-state index in [0.717, 1.165) is 0 Å². The van der Waals surface area contributed by atoms with Gasteiger partial charge >= 0.3 is 22.4 Å². The number of hydrogen-bond donors (Lipinski definition) is 0. The summed E-state index contributed by atoms with van der Waals surface area (Å²) in [6, 6.07) is 0. The Hall–Kier alpha value is 3.31. The maximum absolute atomic E-state index is 0. The van der Waals surface area contributed by atoms with Crippen LogP contribution in [0.1, 0.15) is 0 Å². The zero-order chi connectivity index (χ0) is 0. The molecule has 0 aromatic heterocycles. The fourth-order valence-electron chi connectivity index (χ4n) is 0. The van der Waals surface area contributed by atoms with Crippen molar-refractivity contribution < 1.29 is 89.5 Å². The van der Waals surface area contributed by atoms with Crippen LogP contribution in [0.3, 0.4) is 0 Å². The van der Waals surface area contributed by atoms with E-state index in [-0.39, 0.29) is 103 Å². The summed E-state index contributed by atoms with van der Waals surface area (Å²) in [6.07, 6.45) is 0. The summed E-state index contributed by atoms with van der Waals surface area (Å²) in [7, 11) is 0. The fraction of sp³-hybridized carbons (Fsp3) is 0. The summed E-state index contributed by atoms with van der Waals surface area (Å²) in [4.78, 5) is 0. The van der Waals surface area contributed by atoms with Gasteiger partial charge in [0, 0.05) is 67.1 Å².